The standard InChI is InChI=1S/C24H19N2O2.C24H19N2O.2C18H15N2O.4C5H12O2.4Ir/c1-17-16-25-24(18(2)26-17)22-14-13-21(27-19-9-5-3-6-10-19)15-23(22)28-20-11-7-4-8-12-20;1-17-16-25-24(18(2)26-17)20-13-14-23(27-21-11-7-4-8-12-21)22(15-20)19-9-5-3-6-10-19;1-13-12-19-18(14(2)20-13)15-7-6-10-17(11-15)21-16-8-4-3-5-9-16;1-13-12-19-18(14(2)20-13)16-10-6-7-11-17(16)21-15-8-4-3-5-9-15;4*1-4(6)3-5(2)7;;;;/h3-13,15-16H,1-2H3;3-12,14-16H,1-2H3;3-6,8-12H,1-2H3;3-9,11-12H,1-2H3;4*4-7H,3H2,1-2H3;;;;/q4*-1;;;;;;;;. The largest absolute Gasteiger partial charge is 0.502 e. The van der Waals surface area contributed by atoms with Gasteiger partial charge in [0.05, 0.1) is 77.4 Å². The number of benzene rings is 10. The molecule has 8 atom stereocenters. The first-order valence-corrected chi connectivity index (χ1v) is 41.4. The Labute approximate surface area is 814 Å². The Morgan fingerprint density at radius 1 is 0.264 bits per heavy atom. The summed E-state index contributed by atoms with van der Waals surface area (Å²) in [5.74, 6) is 7.36. The predicted molar refractivity (Wildman–Crippen MR) is 493 cm³/mol. The molecule has 0 fully saturated rings. The molecule has 0 aliphatic carbocycles. The van der Waals surface area contributed by atoms with Gasteiger partial charge in [-0.1, -0.05) is 144 Å². The van der Waals surface area contributed by atoms with Crippen LogP contribution in [-0.2, 0) is 80.4 Å². The Morgan fingerprint density at radius 2 is 0.566 bits per heavy atom. The molecule has 4 heterocycles. The number of hydrogen-bond donors (Lipinski definition) is 8. The van der Waals surface area contributed by atoms with E-state index < -0.39 is 0 Å². The molecule has 8 unspecified atom stereocenters. The minimum Gasteiger partial charge on any atom is -0.502 e. The van der Waals surface area contributed by atoms with Crippen molar-refractivity contribution >= 4 is 0 Å². The van der Waals surface area contributed by atoms with Crippen LogP contribution in [0.25, 0.3) is 56.2 Å². The van der Waals surface area contributed by atoms with Gasteiger partial charge < -0.3 is 84.5 Å². The minimum absolute atomic E-state index is 0. The van der Waals surface area contributed by atoms with E-state index in [4.69, 9.17) is 64.5 Å². The van der Waals surface area contributed by atoms with Crippen LogP contribution in [0.15, 0.2) is 267 Å². The predicted octanol–water partition coefficient (Wildman–Crippen LogP) is 21.4. The number of ether oxygens (including phenoxy) is 5. The van der Waals surface area contributed by atoms with Gasteiger partial charge >= 0.3 is 0 Å². The number of nitrogens with zero attached hydrogens (tertiary/aromatic N) is 8. The summed E-state index contributed by atoms with van der Waals surface area (Å²) in [6.45, 7) is 28.8. The van der Waals surface area contributed by atoms with E-state index in [1.54, 1.807) is 86.2 Å². The molecule has 129 heavy (non-hydrogen) atoms. The zero-order chi connectivity index (χ0) is 90.7. The zero-order valence-corrected chi connectivity index (χ0v) is 85.0. The molecule has 4 radical (unpaired) electrons. The Kier molecular flexibility index (Phi) is 53.1. The van der Waals surface area contributed by atoms with Crippen molar-refractivity contribution in [1.82, 2.24) is 39.9 Å². The van der Waals surface area contributed by atoms with Crippen molar-refractivity contribution in [1.29, 1.82) is 0 Å². The molecule has 8 N–H and O–H groups in total. The van der Waals surface area contributed by atoms with Crippen LogP contribution in [0.2, 0.25) is 0 Å². The van der Waals surface area contributed by atoms with Crippen molar-refractivity contribution in [2.24, 2.45) is 0 Å². The zero-order valence-electron chi connectivity index (χ0n) is 75.4. The van der Waals surface area contributed by atoms with Crippen LogP contribution in [0.3, 0.4) is 0 Å². The number of aliphatic hydroxyl groups excluding tert-OH is 8. The first-order chi connectivity index (χ1) is 59.9. The molecule has 21 nitrogen and oxygen atoms in total. The molecule has 0 bridgehead atoms. The average molecular weight is 2450 g/mol. The third kappa shape index (κ3) is 42.5. The number of hydrogen-bond acceptors (Lipinski definition) is 21. The summed E-state index contributed by atoms with van der Waals surface area (Å²) in [6.07, 6.45) is 5.94. The normalized spacial score (nSPS) is 12.0. The number of rotatable bonds is 23. The van der Waals surface area contributed by atoms with E-state index in [0.717, 1.165) is 148 Å². The maximum Gasteiger partial charge on any atom is 0.124 e. The van der Waals surface area contributed by atoms with Crippen LogP contribution >= 0.6 is 0 Å². The van der Waals surface area contributed by atoms with Crippen LogP contribution in [0.1, 0.15) is 127 Å². The van der Waals surface area contributed by atoms with Crippen molar-refractivity contribution < 1.29 is 145 Å². The van der Waals surface area contributed by atoms with E-state index >= 15 is 0 Å². The molecule has 0 saturated carbocycles. The maximum absolute atomic E-state index is 8.56. The van der Waals surface area contributed by atoms with Crippen molar-refractivity contribution in [2.45, 2.75) is 185 Å². The molecule has 0 aliphatic rings. The van der Waals surface area contributed by atoms with Crippen molar-refractivity contribution in [3.8, 4) is 114 Å². The van der Waals surface area contributed by atoms with Crippen molar-refractivity contribution in [2.75, 3.05) is 0 Å². The third-order valence-electron chi connectivity index (χ3n) is 17.3. The second-order valence-corrected chi connectivity index (χ2v) is 30.0. The van der Waals surface area contributed by atoms with Gasteiger partial charge in [0.15, 0.2) is 0 Å². The molecule has 25 heteroatoms. The molecule has 14 aromatic rings. The van der Waals surface area contributed by atoms with Gasteiger partial charge in [-0.2, -0.15) is 0 Å². The van der Waals surface area contributed by atoms with Crippen LogP contribution in [0, 0.1) is 79.7 Å². The molecule has 0 amide bonds. The fraction of sp³-hybridized carbons (Fsp3) is 0.269. The van der Waals surface area contributed by atoms with Gasteiger partial charge in [0.25, 0.3) is 0 Å². The molecule has 0 saturated heterocycles. The van der Waals surface area contributed by atoms with Gasteiger partial charge in [0.1, 0.15) is 28.7 Å². The molecular formula is C104H116Ir4N8O13-4. The van der Waals surface area contributed by atoms with E-state index in [-0.39, 0.29) is 129 Å². The molecule has 0 aliphatic heterocycles. The summed E-state index contributed by atoms with van der Waals surface area (Å²) in [5.41, 5.74) is 15.7. The van der Waals surface area contributed by atoms with E-state index in [2.05, 4.69) is 82.3 Å². The van der Waals surface area contributed by atoms with Crippen molar-refractivity contribution in [3.63, 3.8) is 0 Å². The average Bonchev–Trinajstić information content (AvgIpc) is 0.823. The maximum atomic E-state index is 8.56. The summed E-state index contributed by atoms with van der Waals surface area (Å²) >= 11 is 0. The summed E-state index contributed by atoms with van der Waals surface area (Å²) in [4.78, 5) is 36.0. The Morgan fingerprint density at radius 3 is 0.907 bits per heavy atom. The minimum atomic E-state index is -0.375. The Hall–Kier alpha value is -10.2. The van der Waals surface area contributed by atoms with Gasteiger partial charge in [0.2, 0.25) is 0 Å². The number of para-hydroxylation sites is 5. The van der Waals surface area contributed by atoms with Gasteiger partial charge in [-0.15, -0.1) is 90.0 Å². The monoisotopic (exact) mass is 2460 g/mol. The summed E-state index contributed by atoms with van der Waals surface area (Å²) in [5, 5.41) is 68.5. The number of aliphatic hydroxyl groups is 8. The number of aromatic nitrogens is 8. The summed E-state index contributed by atoms with van der Waals surface area (Å²) < 4.78 is 30.0. The second kappa shape index (κ2) is 60.6. The van der Waals surface area contributed by atoms with E-state index in [1.165, 1.54) is 0 Å². The van der Waals surface area contributed by atoms with E-state index in [9.17, 15) is 0 Å². The first-order valence-electron chi connectivity index (χ1n) is 41.4. The summed E-state index contributed by atoms with van der Waals surface area (Å²) in [6, 6.07) is 90.5. The quantitative estimate of drug-likeness (QED) is 0.0276. The molecule has 690 valence electrons. The molecule has 0 spiro atoms. The Bertz CT molecular complexity index is 5390. The van der Waals surface area contributed by atoms with Gasteiger partial charge in [0, 0.05) is 174 Å². The fourth-order valence-corrected chi connectivity index (χ4v) is 12.1. The number of aryl methyl sites for hydroxylation is 8. The second-order valence-electron chi connectivity index (χ2n) is 30.0. The summed E-state index contributed by atoms with van der Waals surface area (Å²) in [7, 11) is 0. The van der Waals surface area contributed by atoms with Crippen molar-refractivity contribution in [3.05, 3.63) is 337 Å². The SMILES string of the molecule is CC(O)CC(C)O.CC(O)CC(C)O.CC(O)CC(C)O.CC(O)CC(C)O.Cc1cnc(-c2[c-]cc(Oc3ccccc3)c(-c3ccccc3)c2)c(C)n1.Cc1cnc(-c2[c-]cc(Oc3ccccc3)cc2Oc2ccccc2)c(C)n1.Cc1cnc(-c2[c-]ccc(Oc3ccccc3)c2)c(C)n1.Cc1cnc(-c2[c-]cccc2Oc2ccccc2)c(C)n1.[Ir].[Ir].[Ir].[Ir]. The molecular weight excluding hydrogens is 2340 g/mol. The third-order valence-corrected chi connectivity index (χ3v) is 17.3. The van der Waals surface area contributed by atoms with Crippen LogP contribution in [0.5, 0.6) is 57.5 Å². The van der Waals surface area contributed by atoms with Gasteiger partial charge in [-0.25, -0.2) is 0 Å². The molecule has 10 aromatic carbocycles. The van der Waals surface area contributed by atoms with Crippen LogP contribution < -0.4 is 23.7 Å². The molecule has 14 rings (SSSR count). The smallest absolute Gasteiger partial charge is 0.124 e. The van der Waals surface area contributed by atoms with Crippen LogP contribution in [0.4, 0.5) is 0 Å². The molecule has 4 aromatic heterocycles. The van der Waals surface area contributed by atoms with Gasteiger partial charge in [-0.3, -0.25) is 19.9 Å². The first kappa shape index (κ1) is 113. The van der Waals surface area contributed by atoms with E-state index in [0.29, 0.717) is 37.2 Å². The fourth-order valence-electron chi connectivity index (χ4n) is 12.1. The topological polar surface area (TPSA) is 311 Å². The van der Waals surface area contributed by atoms with Crippen LogP contribution in [-0.4, -0.2) is 130 Å². The van der Waals surface area contributed by atoms with Gasteiger partial charge in [-0.05, 0) is 203 Å². The van der Waals surface area contributed by atoms with E-state index in [1.807, 2.05) is 274 Å². The Balaban J connectivity index is 0.000000401.